The van der Waals surface area contributed by atoms with Crippen LogP contribution in [0.5, 0.6) is 5.75 Å². The molecule has 0 bridgehead atoms. The molecule has 0 fully saturated rings. The van der Waals surface area contributed by atoms with Gasteiger partial charge in [0.2, 0.25) is 0 Å². The van der Waals surface area contributed by atoms with Gasteiger partial charge in [-0.3, -0.25) is 0 Å². The van der Waals surface area contributed by atoms with Gasteiger partial charge in [0.1, 0.15) is 11.6 Å². The van der Waals surface area contributed by atoms with Crippen LogP contribution >= 0.6 is 0 Å². The summed E-state index contributed by atoms with van der Waals surface area (Å²) in [4.78, 5) is 0. The molecule has 0 unspecified atom stereocenters. The molecular formula is C19H17FO. The van der Waals surface area contributed by atoms with Gasteiger partial charge in [0.25, 0.3) is 0 Å². The monoisotopic (exact) mass is 280 g/mol. The number of hydrogen-bond donors (Lipinski definition) is 0. The fourth-order valence-corrected chi connectivity index (χ4v) is 2.66. The molecule has 1 nitrogen and oxygen atoms in total. The molecule has 2 heteroatoms. The van der Waals surface area contributed by atoms with E-state index in [9.17, 15) is 4.39 Å². The van der Waals surface area contributed by atoms with Crippen molar-refractivity contribution in [3.05, 3.63) is 77.6 Å². The normalized spacial score (nSPS) is 10.8. The van der Waals surface area contributed by atoms with E-state index in [1.165, 1.54) is 23.1 Å². The van der Waals surface area contributed by atoms with Gasteiger partial charge in [-0.05, 0) is 47.6 Å². The predicted octanol–water partition coefficient (Wildman–Crippen LogP) is 4.77. The van der Waals surface area contributed by atoms with E-state index in [-0.39, 0.29) is 5.82 Å². The third kappa shape index (κ3) is 2.89. The quantitative estimate of drug-likeness (QED) is 0.668. The van der Waals surface area contributed by atoms with Gasteiger partial charge in [0.05, 0.1) is 7.11 Å². The van der Waals surface area contributed by atoms with Crippen LogP contribution in [0.4, 0.5) is 4.39 Å². The molecule has 0 saturated heterocycles. The van der Waals surface area contributed by atoms with Crippen LogP contribution in [0.15, 0.2) is 60.7 Å². The Morgan fingerprint density at radius 3 is 2.24 bits per heavy atom. The highest BCUT2D eigenvalue weighted by atomic mass is 19.1. The van der Waals surface area contributed by atoms with Crippen LogP contribution in [0, 0.1) is 5.82 Å². The van der Waals surface area contributed by atoms with Crippen molar-refractivity contribution in [2.45, 2.75) is 12.8 Å². The van der Waals surface area contributed by atoms with Crippen LogP contribution in [-0.4, -0.2) is 7.11 Å². The highest BCUT2D eigenvalue weighted by Gasteiger charge is 2.06. The van der Waals surface area contributed by atoms with Gasteiger partial charge in [-0.25, -0.2) is 4.39 Å². The second-order valence-corrected chi connectivity index (χ2v) is 5.10. The number of fused-ring (bicyclic) bond motifs is 1. The topological polar surface area (TPSA) is 9.23 Å². The van der Waals surface area contributed by atoms with Crippen molar-refractivity contribution in [2.75, 3.05) is 7.11 Å². The maximum Gasteiger partial charge on any atom is 0.126 e. The lowest BCUT2D eigenvalue weighted by atomic mass is 9.98. The van der Waals surface area contributed by atoms with E-state index < -0.39 is 0 Å². The van der Waals surface area contributed by atoms with E-state index in [2.05, 4.69) is 18.2 Å². The van der Waals surface area contributed by atoms with Gasteiger partial charge in [0, 0.05) is 5.39 Å². The first-order chi connectivity index (χ1) is 10.3. The van der Waals surface area contributed by atoms with Crippen LogP contribution < -0.4 is 4.74 Å². The third-order valence-electron chi connectivity index (χ3n) is 3.79. The zero-order valence-electron chi connectivity index (χ0n) is 12.0. The molecule has 0 aliphatic rings. The number of hydrogen-bond acceptors (Lipinski definition) is 1. The molecule has 3 aromatic carbocycles. The summed E-state index contributed by atoms with van der Waals surface area (Å²) in [5.74, 6) is 0.713. The maximum atomic E-state index is 12.9. The fraction of sp³-hybridized carbons (Fsp3) is 0.158. The summed E-state index contributed by atoms with van der Waals surface area (Å²) in [5, 5.41) is 2.36. The Bertz CT molecular complexity index is 747. The molecule has 0 atom stereocenters. The van der Waals surface area contributed by atoms with E-state index in [1.54, 1.807) is 7.11 Å². The summed E-state index contributed by atoms with van der Waals surface area (Å²) in [6.07, 6.45) is 1.83. The first-order valence-corrected chi connectivity index (χ1v) is 7.07. The van der Waals surface area contributed by atoms with E-state index in [0.717, 1.165) is 29.5 Å². The van der Waals surface area contributed by atoms with Gasteiger partial charge in [0.15, 0.2) is 0 Å². The summed E-state index contributed by atoms with van der Waals surface area (Å²) >= 11 is 0. The Kier molecular flexibility index (Phi) is 3.87. The molecule has 3 aromatic rings. The average Bonchev–Trinajstić information content (AvgIpc) is 2.54. The van der Waals surface area contributed by atoms with Gasteiger partial charge in [-0.2, -0.15) is 0 Å². The molecule has 0 saturated carbocycles. The first kappa shape index (κ1) is 13.6. The average molecular weight is 280 g/mol. The molecule has 0 aliphatic carbocycles. The Balaban J connectivity index is 1.89. The molecule has 0 radical (unpaired) electrons. The molecule has 0 aromatic heterocycles. The summed E-state index contributed by atoms with van der Waals surface area (Å²) in [6, 6.07) is 19.1. The van der Waals surface area contributed by atoms with Crippen molar-refractivity contribution in [2.24, 2.45) is 0 Å². The Hall–Kier alpha value is -2.35. The van der Waals surface area contributed by atoms with Crippen LogP contribution in [-0.2, 0) is 12.8 Å². The van der Waals surface area contributed by atoms with Crippen molar-refractivity contribution >= 4 is 10.8 Å². The molecule has 3 rings (SSSR count). The fourth-order valence-electron chi connectivity index (χ4n) is 2.66. The SMILES string of the molecule is COc1ccc(CCc2ccc(F)cc2)c2ccccc12. The third-order valence-corrected chi connectivity index (χ3v) is 3.79. The van der Waals surface area contributed by atoms with Crippen molar-refractivity contribution in [1.82, 2.24) is 0 Å². The minimum absolute atomic E-state index is 0.186. The number of rotatable bonds is 4. The van der Waals surface area contributed by atoms with Crippen LogP contribution in [0.2, 0.25) is 0 Å². The minimum atomic E-state index is -0.186. The van der Waals surface area contributed by atoms with Crippen LogP contribution in [0.1, 0.15) is 11.1 Å². The number of halogens is 1. The lowest BCUT2D eigenvalue weighted by Crippen LogP contribution is -1.94. The molecule has 0 amide bonds. The number of methoxy groups -OCH3 is 1. The molecule has 0 heterocycles. The Morgan fingerprint density at radius 1 is 0.810 bits per heavy atom. The van der Waals surface area contributed by atoms with Crippen molar-refractivity contribution in [3.63, 3.8) is 0 Å². The predicted molar refractivity (Wildman–Crippen MR) is 84.3 cm³/mol. The second-order valence-electron chi connectivity index (χ2n) is 5.10. The zero-order valence-corrected chi connectivity index (χ0v) is 12.0. The highest BCUT2D eigenvalue weighted by molar-refractivity contribution is 5.91. The highest BCUT2D eigenvalue weighted by Crippen LogP contribution is 2.29. The molecule has 0 N–H and O–H groups in total. The summed E-state index contributed by atoms with van der Waals surface area (Å²) in [7, 11) is 1.69. The lowest BCUT2D eigenvalue weighted by molar-refractivity contribution is 0.419. The molecule has 0 spiro atoms. The van der Waals surface area contributed by atoms with Gasteiger partial charge in [-0.15, -0.1) is 0 Å². The largest absolute Gasteiger partial charge is 0.496 e. The molecular weight excluding hydrogens is 263 g/mol. The van der Waals surface area contributed by atoms with Crippen molar-refractivity contribution in [3.8, 4) is 5.75 Å². The summed E-state index contributed by atoms with van der Waals surface area (Å²) < 4.78 is 18.3. The Morgan fingerprint density at radius 2 is 1.52 bits per heavy atom. The molecule has 106 valence electrons. The first-order valence-electron chi connectivity index (χ1n) is 7.07. The number of aryl methyl sites for hydroxylation is 2. The second kappa shape index (κ2) is 5.96. The standard InChI is InChI=1S/C19H17FO/c1-21-19-13-10-15(17-4-2-3-5-18(17)19)9-6-14-7-11-16(20)12-8-14/h2-5,7-8,10-13H,6,9H2,1H3. The minimum Gasteiger partial charge on any atom is -0.496 e. The van der Waals surface area contributed by atoms with Gasteiger partial charge in [-0.1, -0.05) is 42.5 Å². The van der Waals surface area contributed by atoms with Gasteiger partial charge >= 0.3 is 0 Å². The van der Waals surface area contributed by atoms with Crippen LogP contribution in [0.3, 0.4) is 0 Å². The van der Waals surface area contributed by atoms with E-state index in [0.29, 0.717) is 0 Å². The molecule has 21 heavy (non-hydrogen) atoms. The zero-order chi connectivity index (χ0) is 14.7. The maximum absolute atomic E-state index is 12.9. The number of benzene rings is 3. The van der Waals surface area contributed by atoms with E-state index >= 15 is 0 Å². The van der Waals surface area contributed by atoms with Crippen LogP contribution in [0.25, 0.3) is 10.8 Å². The van der Waals surface area contributed by atoms with Gasteiger partial charge < -0.3 is 4.74 Å². The summed E-state index contributed by atoms with van der Waals surface area (Å²) in [5.41, 5.74) is 2.44. The van der Waals surface area contributed by atoms with E-state index in [4.69, 9.17) is 4.74 Å². The number of ether oxygens (including phenoxy) is 1. The Labute approximate surface area is 124 Å². The lowest BCUT2D eigenvalue weighted by Gasteiger charge is -2.10. The van der Waals surface area contributed by atoms with E-state index in [1.807, 2.05) is 30.3 Å². The summed E-state index contributed by atoms with van der Waals surface area (Å²) in [6.45, 7) is 0. The smallest absolute Gasteiger partial charge is 0.126 e. The van der Waals surface area contributed by atoms with Crippen molar-refractivity contribution < 1.29 is 9.13 Å². The van der Waals surface area contributed by atoms with Crippen molar-refractivity contribution in [1.29, 1.82) is 0 Å². The molecule has 0 aliphatic heterocycles.